The number of rotatable bonds is 0. The van der Waals surface area contributed by atoms with Crippen LogP contribution in [-0.2, 0) is 14.3 Å². The summed E-state index contributed by atoms with van der Waals surface area (Å²) in [6.07, 6.45) is 8.23. The minimum absolute atomic E-state index is 0.110. The molecule has 9 atom stereocenters. The summed E-state index contributed by atoms with van der Waals surface area (Å²) in [5.74, 6) is 3.16. The lowest BCUT2D eigenvalue weighted by atomic mass is 9.43. The van der Waals surface area contributed by atoms with Gasteiger partial charge in [-0.05, 0) is 80.5 Å². The van der Waals surface area contributed by atoms with Gasteiger partial charge < -0.3 is 9.47 Å². The predicted octanol–water partition coefficient (Wildman–Crippen LogP) is 4.97. The minimum Gasteiger partial charge on any atom is -0.344 e. The van der Waals surface area contributed by atoms with E-state index in [2.05, 4.69) is 34.6 Å². The number of hydrogen-bond donors (Lipinski definition) is 0. The molecule has 0 aromatic carbocycles. The number of ether oxygens (including phenoxy) is 2. The van der Waals surface area contributed by atoms with Crippen molar-refractivity contribution in [2.75, 3.05) is 0 Å². The van der Waals surface area contributed by atoms with Crippen LogP contribution in [0, 0.1) is 40.4 Å². The van der Waals surface area contributed by atoms with E-state index in [1.165, 1.54) is 25.7 Å². The standard InChI is InChI=1S/C23H36O3/c1-13-6-7-15-18-16(9-11-22(13,15)4)23(5)10-8-14(24)12-17(23)19-20(18)26-21(2,3)25-19/h13,15-20H,6-12H2,1-5H3/t13-,15?,16?,17?,18?,19+,20?,22+,23+/m0/s1. The summed E-state index contributed by atoms with van der Waals surface area (Å²) in [5.41, 5.74) is 0.714. The lowest BCUT2D eigenvalue weighted by Crippen LogP contribution is -2.63. The van der Waals surface area contributed by atoms with Gasteiger partial charge in [-0.1, -0.05) is 20.8 Å². The maximum absolute atomic E-state index is 12.4. The molecule has 1 heterocycles. The Bertz CT molecular complexity index is 627. The summed E-state index contributed by atoms with van der Waals surface area (Å²) in [4.78, 5) is 12.4. The average molecular weight is 361 g/mol. The molecule has 0 aromatic heterocycles. The van der Waals surface area contributed by atoms with Crippen LogP contribution < -0.4 is 0 Å². The molecule has 0 spiro atoms. The number of carbonyl (C=O) groups excluding carboxylic acids is 1. The Morgan fingerprint density at radius 1 is 0.846 bits per heavy atom. The summed E-state index contributed by atoms with van der Waals surface area (Å²) in [6, 6.07) is 0. The van der Waals surface area contributed by atoms with Crippen LogP contribution in [0.4, 0.5) is 0 Å². The van der Waals surface area contributed by atoms with E-state index in [0.29, 0.717) is 35.4 Å². The molecule has 5 rings (SSSR count). The molecule has 0 aromatic rings. The van der Waals surface area contributed by atoms with Gasteiger partial charge >= 0.3 is 0 Å². The highest BCUT2D eigenvalue weighted by atomic mass is 16.8. The fourth-order valence-corrected chi connectivity index (χ4v) is 8.24. The topological polar surface area (TPSA) is 35.5 Å². The molecule has 0 bridgehead atoms. The molecule has 4 aliphatic carbocycles. The zero-order valence-corrected chi connectivity index (χ0v) is 17.2. The zero-order chi connectivity index (χ0) is 18.5. The van der Waals surface area contributed by atoms with Crippen LogP contribution in [-0.4, -0.2) is 23.8 Å². The van der Waals surface area contributed by atoms with Crippen molar-refractivity contribution in [3.05, 3.63) is 0 Å². The molecule has 3 heteroatoms. The van der Waals surface area contributed by atoms with Gasteiger partial charge in [0, 0.05) is 18.8 Å². The molecule has 0 N–H and O–H groups in total. The number of hydrogen-bond acceptors (Lipinski definition) is 3. The minimum atomic E-state index is -0.510. The van der Waals surface area contributed by atoms with Crippen molar-refractivity contribution in [1.29, 1.82) is 0 Å². The van der Waals surface area contributed by atoms with Crippen molar-refractivity contribution in [2.45, 2.75) is 97.6 Å². The number of carbonyl (C=O) groups is 1. The molecule has 4 saturated carbocycles. The maximum atomic E-state index is 12.4. The van der Waals surface area contributed by atoms with Crippen LogP contribution in [0.15, 0.2) is 0 Å². The van der Waals surface area contributed by atoms with Crippen molar-refractivity contribution in [2.24, 2.45) is 40.4 Å². The van der Waals surface area contributed by atoms with Gasteiger partial charge in [-0.15, -0.1) is 0 Å². The molecule has 5 aliphatic rings. The maximum Gasteiger partial charge on any atom is 0.163 e. The zero-order valence-electron chi connectivity index (χ0n) is 17.2. The first kappa shape index (κ1) is 17.7. The Labute approximate surface area is 158 Å². The van der Waals surface area contributed by atoms with Gasteiger partial charge in [0.2, 0.25) is 0 Å². The van der Waals surface area contributed by atoms with Crippen LogP contribution in [0.2, 0.25) is 0 Å². The van der Waals surface area contributed by atoms with E-state index >= 15 is 0 Å². The van der Waals surface area contributed by atoms with E-state index in [9.17, 15) is 4.79 Å². The van der Waals surface area contributed by atoms with E-state index in [-0.39, 0.29) is 17.6 Å². The highest BCUT2D eigenvalue weighted by Gasteiger charge is 2.68. The average Bonchev–Trinajstić information content (AvgIpc) is 3.05. The lowest BCUT2D eigenvalue weighted by molar-refractivity contribution is -0.180. The summed E-state index contributed by atoms with van der Waals surface area (Å²) >= 11 is 0. The van der Waals surface area contributed by atoms with E-state index in [1.807, 2.05) is 0 Å². The monoisotopic (exact) mass is 360 g/mol. The third kappa shape index (κ3) is 2.16. The Morgan fingerprint density at radius 3 is 2.31 bits per heavy atom. The molecule has 0 amide bonds. The van der Waals surface area contributed by atoms with Crippen molar-refractivity contribution in [3.63, 3.8) is 0 Å². The van der Waals surface area contributed by atoms with Crippen LogP contribution in [0.1, 0.15) is 79.6 Å². The first-order chi connectivity index (χ1) is 12.2. The fraction of sp³-hybridized carbons (Fsp3) is 0.957. The Balaban J connectivity index is 1.59. The highest BCUT2D eigenvalue weighted by molar-refractivity contribution is 5.79. The third-order valence-electron chi connectivity index (χ3n) is 9.83. The Morgan fingerprint density at radius 2 is 1.54 bits per heavy atom. The van der Waals surface area contributed by atoms with E-state index < -0.39 is 5.79 Å². The van der Waals surface area contributed by atoms with Gasteiger partial charge in [0.1, 0.15) is 5.78 Å². The van der Waals surface area contributed by atoms with Crippen molar-refractivity contribution < 1.29 is 14.3 Å². The van der Waals surface area contributed by atoms with Crippen LogP contribution in [0.25, 0.3) is 0 Å². The second-order valence-corrected chi connectivity index (χ2v) is 11.2. The molecule has 26 heavy (non-hydrogen) atoms. The Kier molecular flexibility index (Phi) is 3.63. The van der Waals surface area contributed by atoms with Crippen molar-refractivity contribution >= 4 is 5.78 Å². The predicted molar refractivity (Wildman–Crippen MR) is 100 cm³/mol. The SMILES string of the molecule is C[C@H]1CCC2C3C4OC(C)(C)O[C@@H]4C4CC(=O)CC[C@]4(C)C3CC[C@@]21C. The quantitative estimate of drug-likeness (QED) is 0.611. The largest absolute Gasteiger partial charge is 0.344 e. The second kappa shape index (κ2) is 5.35. The summed E-state index contributed by atoms with van der Waals surface area (Å²) in [7, 11) is 0. The summed E-state index contributed by atoms with van der Waals surface area (Å²) in [6.45, 7) is 11.7. The molecule has 1 aliphatic heterocycles. The first-order valence-electron chi connectivity index (χ1n) is 11.0. The first-order valence-corrected chi connectivity index (χ1v) is 11.0. The van der Waals surface area contributed by atoms with E-state index in [1.54, 1.807) is 0 Å². The fourth-order valence-electron chi connectivity index (χ4n) is 8.24. The van der Waals surface area contributed by atoms with Crippen LogP contribution in [0.5, 0.6) is 0 Å². The van der Waals surface area contributed by atoms with E-state index in [4.69, 9.17) is 9.47 Å². The molecule has 3 nitrogen and oxygen atoms in total. The van der Waals surface area contributed by atoms with Gasteiger partial charge in [-0.2, -0.15) is 0 Å². The van der Waals surface area contributed by atoms with Gasteiger partial charge in [0.15, 0.2) is 5.79 Å². The molecule has 146 valence electrons. The smallest absolute Gasteiger partial charge is 0.163 e. The number of fused-ring (bicyclic) bond motifs is 8. The molecule has 0 radical (unpaired) electrons. The normalized spacial score (nSPS) is 57.9. The second-order valence-electron chi connectivity index (χ2n) is 11.2. The summed E-state index contributed by atoms with van der Waals surface area (Å²) < 4.78 is 13.1. The van der Waals surface area contributed by atoms with E-state index in [0.717, 1.165) is 24.7 Å². The number of Topliss-reactive ketones (excluding diaryl/α,β-unsaturated/α-hetero) is 1. The molecular weight excluding hydrogens is 324 g/mol. The molecule has 5 unspecified atom stereocenters. The molecule has 5 fully saturated rings. The number of ketones is 1. The Hall–Kier alpha value is -0.410. The third-order valence-corrected chi connectivity index (χ3v) is 9.83. The van der Waals surface area contributed by atoms with Gasteiger partial charge in [0.05, 0.1) is 12.2 Å². The van der Waals surface area contributed by atoms with Crippen LogP contribution in [0.3, 0.4) is 0 Å². The van der Waals surface area contributed by atoms with Gasteiger partial charge in [-0.25, -0.2) is 0 Å². The summed E-state index contributed by atoms with van der Waals surface area (Å²) in [5, 5.41) is 0. The highest BCUT2D eigenvalue weighted by Crippen LogP contribution is 2.69. The molecule has 1 saturated heterocycles. The van der Waals surface area contributed by atoms with Gasteiger partial charge in [0.25, 0.3) is 0 Å². The van der Waals surface area contributed by atoms with Crippen LogP contribution >= 0.6 is 0 Å². The molecular formula is C23H36O3. The van der Waals surface area contributed by atoms with Crippen molar-refractivity contribution in [3.8, 4) is 0 Å². The van der Waals surface area contributed by atoms with Gasteiger partial charge in [-0.3, -0.25) is 4.79 Å². The van der Waals surface area contributed by atoms with Crippen molar-refractivity contribution in [1.82, 2.24) is 0 Å². The lowest BCUT2D eigenvalue weighted by Gasteiger charge is -2.62.